The summed E-state index contributed by atoms with van der Waals surface area (Å²) in [7, 11) is 0. The molecular weight excluding hydrogens is 190 g/mol. The average Bonchev–Trinajstić information content (AvgIpc) is 2.66. The minimum absolute atomic E-state index is 0.451. The molecule has 1 aromatic heterocycles. The lowest BCUT2D eigenvalue weighted by atomic mass is 10.1. The van der Waals surface area contributed by atoms with Crippen molar-refractivity contribution in [3.8, 4) is 0 Å². The second kappa shape index (κ2) is 6.64. The van der Waals surface area contributed by atoms with E-state index < -0.39 is 0 Å². The summed E-state index contributed by atoms with van der Waals surface area (Å²) in [5.41, 5.74) is 5.45. The lowest BCUT2D eigenvalue weighted by Gasteiger charge is -2.09. The zero-order chi connectivity index (χ0) is 11.1. The third-order valence-corrected chi connectivity index (χ3v) is 2.35. The SMILES string of the molecule is CCCC(C)COCc1ccc(CN)o1. The fourth-order valence-electron chi connectivity index (χ4n) is 1.55. The van der Waals surface area contributed by atoms with Gasteiger partial charge in [0.1, 0.15) is 18.1 Å². The largest absolute Gasteiger partial charge is 0.462 e. The molecule has 0 aliphatic rings. The Bertz CT molecular complexity index is 270. The fraction of sp³-hybridized carbons (Fsp3) is 0.667. The smallest absolute Gasteiger partial charge is 0.129 e. The molecule has 15 heavy (non-hydrogen) atoms. The first-order valence-electron chi connectivity index (χ1n) is 5.61. The minimum Gasteiger partial charge on any atom is -0.462 e. The molecule has 0 radical (unpaired) electrons. The highest BCUT2D eigenvalue weighted by Gasteiger charge is 2.03. The van der Waals surface area contributed by atoms with Gasteiger partial charge in [-0.3, -0.25) is 0 Å². The Kier molecular flexibility index (Phi) is 5.43. The van der Waals surface area contributed by atoms with Gasteiger partial charge in [0.05, 0.1) is 6.54 Å². The molecule has 0 saturated heterocycles. The number of ether oxygens (including phenoxy) is 1. The Morgan fingerprint density at radius 2 is 2.13 bits per heavy atom. The van der Waals surface area contributed by atoms with Crippen molar-refractivity contribution in [3.63, 3.8) is 0 Å². The Hall–Kier alpha value is -0.800. The van der Waals surface area contributed by atoms with Gasteiger partial charge in [-0.15, -0.1) is 0 Å². The predicted molar refractivity (Wildman–Crippen MR) is 60.3 cm³/mol. The van der Waals surface area contributed by atoms with Gasteiger partial charge in [0.25, 0.3) is 0 Å². The quantitative estimate of drug-likeness (QED) is 0.754. The average molecular weight is 211 g/mol. The number of hydrogen-bond acceptors (Lipinski definition) is 3. The van der Waals surface area contributed by atoms with Crippen molar-refractivity contribution in [2.75, 3.05) is 6.61 Å². The molecule has 0 aliphatic heterocycles. The highest BCUT2D eigenvalue weighted by molar-refractivity contribution is 5.05. The van der Waals surface area contributed by atoms with Crippen molar-refractivity contribution in [1.82, 2.24) is 0 Å². The van der Waals surface area contributed by atoms with Crippen LogP contribution in [0.15, 0.2) is 16.5 Å². The van der Waals surface area contributed by atoms with E-state index >= 15 is 0 Å². The molecule has 3 nitrogen and oxygen atoms in total. The Labute approximate surface area is 91.6 Å². The van der Waals surface area contributed by atoms with E-state index in [1.165, 1.54) is 12.8 Å². The Balaban J connectivity index is 2.19. The number of hydrogen-bond donors (Lipinski definition) is 1. The van der Waals surface area contributed by atoms with E-state index in [1.54, 1.807) is 0 Å². The van der Waals surface area contributed by atoms with E-state index in [9.17, 15) is 0 Å². The highest BCUT2D eigenvalue weighted by atomic mass is 16.5. The molecular formula is C12H21NO2. The summed E-state index contributed by atoms with van der Waals surface area (Å²) in [6.07, 6.45) is 2.43. The molecule has 1 heterocycles. The maximum Gasteiger partial charge on any atom is 0.129 e. The molecule has 0 fully saturated rings. The van der Waals surface area contributed by atoms with Crippen LogP contribution in [0.3, 0.4) is 0 Å². The van der Waals surface area contributed by atoms with Gasteiger partial charge in [-0.2, -0.15) is 0 Å². The summed E-state index contributed by atoms with van der Waals surface area (Å²) in [6.45, 7) is 6.19. The summed E-state index contributed by atoms with van der Waals surface area (Å²) in [4.78, 5) is 0. The summed E-state index contributed by atoms with van der Waals surface area (Å²) >= 11 is 0. The monoisotopic (exact) mass is 211 g/mol. The standard InChI is InChI=1S/C12H21NO2/c1-3-4-10(2)8-14-9-12-6-5-11(7-13)15-12/h5-6,10H,3-4,7-9,13H2,1-2H3. The van der Waals surface area contributed by atoms with E-state index in [0.29, 0.717) is 19.1 Å². The van der Waals surface area contributed by atoms with Gasteiger partial charge >= 0.3 is 0 Å². The van der Waals surface area contributed by atoms with Crippen LogP contribution in [-0.4, -0.2) is 6.61 Å². The molecule has 0 aliphatic carbocycles. The normalized spacial score (nSPS) is 13.0. The minimum atomic E-state index is 0.451. The summed E-state index contributed by atoms with van der Waals surface area (Å²) < 4.78 is 11.0. The molecule has 1 aromatic rings. The fourth-order valence-corrected chi connectivity index (χ4v) is 1.55. The first-order valence-corrected chi connectivity index (χ1v) is 5.61. The second-order valence-electron chi connectivity index (χ2n) is 3.98. The number of nitrogens with two attached hydrogens (primary N) is 1. The molecule has 86 valence electrons. The maximum absolute atomic E-state index is 5.56. The van der Waals surface area contributed by atoms with Crippen LogP contribution < -0.4 is 5.73 Å². The lowest BCUT2D eigenvalue weighted by Crippen LogP contribution is -2.05. The van der Waals surface area contributed by atoms with Crippen molar-refractivity contribution >= 4 is 0 Å². The second-order valence-corrected chi connectivity index (χ2v) is 3.98. The Morgan fingerprint density at radius 3 is 2.73 bits per heavy atom. The summed E-state index contributed by atoms with van der Waals surface area (Å²) in [5.74, 6) is 2.30. The van der Waals surface area contributed by atoms with E-state index in [4.69, 9.17) is 14.9 Å². The zero-order valence-corrected chi connectivity index (χ0v) is 9.66. The molecule has 0 saturated carbocycles. The van der Waals surface area contributed by atoms with Crippen molar-refractivity contribution in [2.24, 2.45) is 11.7 Å². The van der Waals surface area contributed by atoms with E-state index in [2.05, 4.69) is 13.8 Å². The van der Waals surface area contributed by atoms with Crippen LogP contribution in [-0.2, 0) is 17.9 Å². The van der Waals surface area contributed by atoms with Crippen LogP contribution in [0.25, 0.3) is 0 Å². The molecule has 1 atom stereocenters. The van der Waals surface area contributed by atoms with Crippen LogP contribution in [0.5, 0.6) is 0 Å². The molecule has 0 spiro atoms. The third kappa shape index (κ3) is 4.49. The van der Waals surface area contributed by atoms with Crippen LogP contribution in [0.1, 0.15) is 38.2 Å². The van der Waals surface area contributed by atoms with Gasteiger partial charge in [0, 0.05) is 6.61 Å². The van der Waals surface area contributed by atoms with Gasteiger partial charge in [0.15, 0.2) is 0 Å². The first-order chi connectivity index (χ1) is 7.26. The van der Waals surface area contributed by atoms with Crippen molar-refractivity contribution in [1.29, 1.82) is 0 Å². The highest BCUT2D eigenvalue weighted by Crippen LogP contribution is 2.10. The number of rotatable bonds is 7. The van der Waals surface area contributed by atoms with Crippen LogP contribution in [0, 0.1) is 5.92 Å². The van der Waals surface area contributed by atoms with Crippen LogP contribution >= 0.6 is 0 Å². The maximum atomic E-state index is 5.56. The number of furan rings is 1. The van der Waals surface area contributed by atoms with Gasteiger partial charge in [-0.25, -0.2) is 0 Å². The van der Waals surface area contributed by atoms with Gasteiger partial charge in [-0.05, 0) is 24.5 Å². The zero-order valence-electron chi connectivity index (χ0n) is 9.66. The Morgan fingerprint density at radius 1 is 1.40 bits per heavy atom. The summed E-state index contributed by atoms with van der Waals surface area (Å²) in [5, 5.41) is 0. The predicted octanol–water partition coefficient (Wildman–Crippen LogP) is 2.69. The topological polar surface area (TPSA) is 48.4 Å². The third-order valence-electron chi connectivity index (χ3n) is 2.35. The van der Waals surface area contributed by atoms with E-state index in [1.807, 2.05) is 12.1 Å². The van der Waals surface area contributed by atoms with Gasteiger partial charge in [0.2, 0.25) is 0 Å². The molecule has 1 unspecified atom stereocenters. The molecule has 1 rings (SSSR count). The van der Waals surface area contributed by atoms with Gasteiger partial charge < -0.3 is 14.9 Å². The molecule has 3 heteroatoms. The van der Waals surface area contributed by atoms with Crippen LogP contribution in [0.2, 0.25) is 0 Å². The van der Waals surface area contributed by atoms with Crippen LogP contribution in [0.4, 0.5) is 0 Å². The van der Waals surface area contributed by atoms with E-state index in [0.717, 1.165) is 18.1 Å². The van der Waals surface area contributed by atoms with Crippen molar-refractivity contribution in [3.05, 3.63) is 23.7 Å². The van der Waals surface area contributed by atoms with Gasteiger partial charge in [-0.1, -0.05) is 20.3 Å². The molecule has 0 bridgehead atoms. The van der Waals surface area contributed by atoms with Crippen molar-refractivity contribution < 1.29 is 9.15 Å². The molecule has 0 aromatic carbocycles. The first kappa shape index (κ1) is 12.3. The van der Waals surface area contributed by atoms with E-state index in [-0.39, 0.29) is 0 Å². The molecule has 0 amide bonds. The summed E-state index contributed by atoms with van der Waals surface area (Å²) in [6, 6.07) is 3.82. The van der Waals surface area contributed by atoms with Crippen molar-refractivity contribution in [2.45, 2.75) is 39.8 Å². The lowest BCUT2D eigenvalue weighted by molar-refractivity contribution is 0.0769. The molecule has 2 N–H and O–H groups in total.